The fraction of sp³-hybridized carbons (Fsp3) is 0.389. The molecule has 3 heterocycles. The van der Waals surface area contributed by atoms with Crippen LogP contribution in [0.2, 0.25) is 5.28 Å². The minimum absolute atomic E-state index is 0.172. The first kappa shape index (κ1) is 18.5. The SMILES string of the molecule is COC(=O)c1ccc(Br)cc1CN1CC2COCCN2c2nc(Cl)ncc21. The van der Waals surface area contributed by atoms with Crippen LogP contribution in [0.1, 0.15) is 15.9 Å². The molecule has 9 heteroatoms. The lowest BCUT2D eigenvalue weighted by Gasteiger charge is -2.45. The Hall–Kier alpha value is -1.90. The molecule has 2 aromatic rings. The summed E-state index contributed by atoms with van der Waals surface area (Å²) in [5.74, 6) is 0.453. The van der Waals surface area contributed by atoms with Crippen molar-refractivity contribution in [2.75, 3.05) is 43.2 Å². The Labute approximate surface area is 170 Å². The fourth-order valence-corrected chi connectivity index (χ4v) is 4.11. The molecule has 0 bridgehead atoms. The number of esters is 1. The molecule has 142 valence electrons. The first-order valence-electron chi connectivity index (χ1n) is 8.55. The second kappa shape index (κ2) is 7.61. The number of aromatic nitrogens is 2. The second-order valence-corrected chi connectivity index (χ2v) is 7.70. The Balaban J connectivity index is 1.72. The number of hydrogen-bond acceptors (Lipinski definition) is 7. The molecule has 27 heavy (non-hydrogen) atoms. The number of methoxy groups -OCH3 is 1. The minimum Gasteiger partial charge on any atom is -0.465 e. The molecule has 0 amide bonds. The summed E-state index contributed by atoms with van der Waals surface area (Å²) in [5.41, 5.74) is 2.30. The summed E-state index contributed by atoms with van der Waals surface area (Å²) in [5, 5.41) is 0.221. The van der Waals surface area contributed by atoms with E-state index in [1.165, 1.54) is 7.11 Å². The third-order valence-electron chi connectivity index (χ3n) is 4.83. The third kappa shape index (κ3) is 3.61. The van der Waals surface area contributed by atoms with Crippen molar-refractivity contribution in [2.24, 2.45) is 0 Å². The topological polar surface area (TPSA) is 67.8 Å². The Bertz CT molecular complexity index is 882. The van der Waals surface area contributed by atoms with Crippen molar-refractivity contribution in [3.63, 3.8) is 0 Å². The molecular weight excluding hydrogens is 436 g/mol. The maximum absolute atomic E-state index is 12.2. The largest absolute Gasteiger partial charge is 0.465 e. The van der Waals surface area contributed by atoms with Gasteiger partial charge in [0, 0.05) is 24.1 Å². The van der Waals surface area contributed by atoms with Crippen molar-refractivity contribution >= 4 is 45.0 Å². The average Bonchev–Trinajstić information content (AvgIpc) is 2.67. The van der Waals surface area contributed by atoms with Crippen LogP contribution in [0.4, 0.5) is 11.5 Å². The molecule has 0 saturated carbocycles. The van der Waals surface area contributed by atoms with Crippen LogP contribution < -0.4 is 9.80 Å². The number of nitrogens with zero attached hydrogens (tertiary/aromatic N) is 4. The summed E-state index contributed by atoms with van der Waals surface area (Å²) in [6, 6.07) is 5.71. The Morgan fingerprint density at radius 1 is 1.48 bits per heavy atom. The standard InChI is InChI=1S/C18H18BrClN4O3/c1-26-17(25)14-3-2-12(19)6-11(14)8-23-9-13-10-27-5-4-24(13)16-15(23)7-21-18(20)22-16/h2-3,6-7,13H,4-5,8-10H2,1H3. The highest BCUT2D eigenvalue weighted by Crippen LogP contribution is 2.36. The van der Waals surface area contributed by atoms with E-state index in [-0.39, 0.29) is 17.3 Å². The van der Waals surface area contributed by atoms with Crippen molar-refractivity contribution in [1.29, 1.82) is 0 Å². The van der Waals surface area contributed by atoms with Gasteiger partial charge in [-0.15, -0.1) is 0 Å². The lowest BCUT2D eigenvalue weighted by atomic mass is 10.0. The lowest BCUT2D eigenvalue weighted by Crippen LogP contribution is -2.55. The summed E-state index contributed by atoms with van der Waals surface area (Å²) in [6.45, 7) is 3.32. The van der Waals surface area contributed by atoms with Crippen LogP contribution >= 0.6 is 27.5 Å². The van der Waals surface area contributed by atoms with Gasteiger partial charge in [-0.1, -0.05) is 15.9 Å². The number of halogens is 2. The summed E-state index contributed by atoms with van der Waals surface area (Å²) in [6.07, 6.45) is 1.74. The molecule has 1 atom stereocenters. The molecule has 1 aromatic carbocycles. The van der Waals surface area contributed by atoms with Gasteiger partial charge in [-0.2, -0.15) is 4.98 Å². The van der Waals surface area contributed by atoms with Crippen molar-refractivity contribution in [3.05, 3.63) is 45.3 Å². The van der Waals surface area contributed by atoms with E-state index in [1.807, 2.05) is 12.1 Å². The van der Waals surface area contributed by atoms with Gasteiger partial charge in [-0.3, -0.25) is 0 Å². The first-order chi connectivity index (χ1) is 13.1. The van der Waals surface area contributed by atoms with Gasteiger partial charge in [0.15, 0.2) is 5.82 Å². The number of carbonyl (C=O) groups excluding carboxylic acids is 1. The molecule has 2 aliphatic rings. The highest BCUT2D eigenvalue weighted by atomic mass is 79.9. The number of fused-ring (bicyclic) bond motifs is 3. The minimum atomic E-state index is -0.357. The number of hydrogen-bond donors (Lipinski definition) is 0. The summed E-state index contributed by atoms with van der Waals surface area (Å²) in [7, 11) is 1.39. The number of carbonyl (C=O) groups is 1. The molecule has 1 unspecified atom stereocenters. The van der Waals surface area contributed by atoms with Gasteiger partial charge in [-0.05, 0) is 35.4 Å². The maximum atomic E-state index is 12.2. The van der Waals surface area contributed by atoms with E-state index in [4.69, 9.17) is 21.1 Å². The number of anilines is 2. The summed E-state index contributed by atoms with van der Waals surface area (Å²) < 4.78 is 11.5. The van der Waals surface area contributed by atoms with Crippen LogP contribution in [0.25, 0.3) is 0 Å². The summed E-state index contributed by atoms with van der Waals surface area (Å²) >= 11 is 9.54. The zero-order chi connectivity index (χ0) is 19.0. The Kier molecular flexibility index (Phi) is 5.21. The van der Waals surface area contributed by atoms with Crippen LogP contribution in [0, 0.1) is 0 Å². The Morgan fingerprint density at radius 3 is 3.15 bits per heavy atom. The van der Waals surface area contributed by atoms with Gasteiger partial charge in [-0.25, -0.2) is 9.78 Å². The molecule has 7 nitrogen and oxygen atoms in total. The van der Waals surface area contributed by atoms with E-state index < -0.39 is 0 Å². The van der Waals surface area contributed by atoms with E-state index in [2.05, 4.69) is 35.7 Å². The smallest absolute Gasteiger partial charge is 0.338 e. The van der Waals surface area contributed by atoms with Crippen LogP contribution in [-0.2, 0) is 16.0 Å². The van der Waals surface area contributed by atoms with E-state index in [0.717, 1.165) is 34.6 Å². The van der Waals surface area contributed by atoms with E-state index in [1.54, 1.807) is 12.3 Å². The predicted molar refractivity (Wildman–Crippen MR) is 106 cm³/mol. The highest BCUT2D eigenvalue weighted by Gasteiger charge is 2.35. The molecule has 1 aromatic heterocycles. The van der Waals surface area contributed by atoms with Crippen LogP contribution in [-0.4, -0.2) is 55.4 Å². The van der Waals surface area contributed by atoms with Gasteiger partial charge in [0.1, 0.15) is 0 Å². The third-order valence-corrected chi connectivity index (χ3v) is 5.50. The zero-order valence-electron chi connectivity index (χ0n) is 14.7. The molecule has 2 aliphatic heterocycles. The molecular formula is C18H18BrClN4O3. The number of rotatable bonds is 3. The van der Waals surface area contributed by atoms with Gasteiger partial charge >= 0.3 is 5.97 Å². The zero-order valence-corrected chi connectivity index (χ0v) is 17.0. The molecule has 1 saturated heterocycles. The fourth-order valence-electron chi connectivity index (χ4n) is 3.58. The van der Waals surface area contributed by atoms with Gasteiger partial charge < -0.3 is 19.3 Å². The monoisotopic (exact) mass is 452 g/mol. The van der Waals surface area contributed by atoms with Crippen molar-refractivity contribution in [3.8, 4) is 0 Å². The second-order valence-electron chi connectivity index (χ2n) is 6.44. The summed E-state index contributed by atoms with van der Waals surface area (Å²) in [4.78, 5) is 25.2. The molecule has 0 spiro atoms. The van der Waals surface area contributed by atoms with E-state index in [0.29, 0.717) is 25.3 Å². The maximum Gasteiger partial charge on any atom is 0.338 e. The van der Waals surface area contributed by atoms with Crippen molar-refractivity contribution < 1.29 is 14.3 Å². The van der Waals surface area contributed by atoms with Crippen molar-refractivity contribution in [2.45, 2.75) is 12.6 Å². The Morgan fingerprint density at radius 2 is 2.33 bits per heavy atom. The quantitative estimate of drug-likeness (QED) is 0.523. The predicted octanol–water partition coefficient (Wildman–Crippen LogP) is 2.90. The van der Waals surface area contributed by atoms with E-state index >= 15 is 0 Å². The average molecular weight is 454 g/mol. The number of benzene rings is 1. The number of ether oxygens (including phenoxy) is 2. The number of morpholine rings is 1. The molecule has 0 radical (unpaired) electrons. The molecule has 4 rings (SSSR count). The van der Waals surface area contributed by atoms with Crippen LogP contribution in [0.15, 0.2) is 28.9 Å². The molecule has 0 N–H and O–H groups in total. The van der Waals surface area contributed by atoms with Crippen molar-refractivity contribution in [1.82, 2.24) is 9.97 Å². The van der Waals surface area contributed by atoms with Gasteiger partial charge in [0.25, 0.3) is 0 Å². The normalized spacial score (nSPS) is 18.7. The van der Waals surface area contributed by atoms with Crippen LogP contribution in [0.5, 0.6) is 0 Å². The van der Waals surface area contributed by atoms with Crippen LogP contribution in [0.3, 0.4) is 0 Å². The molecule has 1 fully saturated rings. The molecule has 0 aliphatic carbocycles. The lowest BCUT2D eigenvalue weighted by molar-refractivity contribution is 0.0599. The highest BCUT2D eigenvalue weighted by molar-refractivity contribution is 9.10. The van der Waals surface area contributed by atoms with Gasteiger partial charge in [0.05, 0.1) is 43.8 Å². The van der Waals surface area contributed by atoms with E-state index in [9.17, 15) is 4.79 Å². The van der Waals surface area contributed by atoms with Gasteiger partial charge in [0.2, 0.25) is 5.28 Å². The first-order valence-corrected chi connectivity index (χ1v) is 9.72.